The number of fused-ring (bicyclic) bond motifs is 2. The number of hydrogen-bond acceptors (Lipinski definition) is 6. The first-order chi connectivity index (χ1) is 13.7. The molecule has 1 fully saturated rings. The largest absolute Gasteiger partial charge is 0.345 e. The Labute approximate surface area is 166 Å². The van der Waals surface area contributed by atoms with Crippen LogP contribution in [0.4, 0.5) is 5.13 Å². The minimum absolute atomic E-state index is 0.0485. The number of benzene rings is 2. The van der Waals surface area contributed by atoms with Gasteiger partial charge in [-0.2, -0.15) is 0 Å². The van der Waals surface area contributed by atoms with Crippen LogP contribution >= 0.6 is 11.3 Å². The van der Waals surface area contributed by atoms with Gasteiger partial charge in [-0.15, -0.1) is 0 Å². The van der Waals surface area contributed by atoms with Gasteiger partial charge in [0.15, 0.2) is 5.13 Å². The molecule has 0 aliphatic carbocycles. The van der Waals surface area contributed by atoms with E-state index in [-0.39, 0.29) is 5.91 Å². The first-order valence-corrected chi connectivity index (χ1v) is 10.1. The van der Waals surface area contributed by atoms with Crippen LogP contribution in [0.1, 0.15) is 15.9 Å². The quantitative estimate of drug-likeness (QED) is 0.525. The van der Waals surface area contributed by atoms with E-state index in [4.69, 9.17) is 4.98 Å². The number of hydrogen-bond donors (Lipinski definition) is 0. The van der Waals surface area contributed by atoms with Crippen molar-refractivity contribution in [2.75, 3.05) is 31.1 Å². The van der Waals surface area contributed by atoms with Gasteiger partial charge in [0.05, 0.1) is 21.3 Å². The molecule has 0 unspecified atom stereocenters. The third-order valence-electron chi connectivity index (χ3n) is 5.16. The number of aromatic nitrogens is 3. The van der Waals surface area contributed by atoms with Crippen molar-refractivity contribution in [2.24, 2.45) is 0 Å². The SMILES string of the molecule is Cc1cccc2sc(N3CCN(C(=O)c4ccc5nccnc5c4)CC3)nc12. The normalized spacial score (nSPS) is 14.8. The van der Waals surface area contributed by atoms with Crippen molar-refractivity contribution < 1.29 is 4.79 Å². The van der Waals surface area contributed by atoms with E-state index in [1.54, 1.807) is 23.7 Å². The molecule has 0 atom stereocenters. The summed E-state index contributed by atoms with van der Waals surface area (Å²) in [5.74, 6) is 0.0485. The molecule has 0 bridgehead atoms. The first kappa shape index (κ1) is 17.1. The third kappa shape index (κ3) is 2.97. The summed E-state index contributed by atoms with van der Waals surface area (Å²) in [4.78, 5) is 30.5. The molecule has 140 valence electrons. The van der Waals surface area contributed by atoms with E-state index in [1.165, 1.54) is 10.3 Å². The zero-order chi connectivity index (χ0) is 19.1. The summed E-state index contributed by atoms with van der Waals surface area (Å²) in [6, 6.07) is 11.8. The predicted molar refractivity (Wildman–Crippen MR) is 112 cm³/mol. The highest BCUT2D eigenvalue weighted by molar-refractivity contribution is 7.22. The molecule has 28 heavy (non-hydrogen) atoms. The molecule has 3 heterocycles. The fourth-order valence-electron chi connectivity index (χ4n) is 3.59. The lowest BCUT2D eigenvalue weighted by Crippen LogP contribution is -2.48. The Morgan fingerprint density at radius 3 is 2.57 bits per heavy atom. The maximum absolute atomic E-state index is 12.9. The van der Waals surface area contributed by atoms with Crippen LogP contribution in [-0.2, 0) is 0 Å². The predicted octanol–water partition coefficient (Wildman–Crippen LogP) is 3.51. The van der Waals surface area contributed by atoms with E-state index in [0.29, 0.717) is 18.7 Å². The van der Waals surface area contributed by atoms with Crippen LogP contribution in [0.5, 0.6) is 0 Å². The Balaban J connectivity index is 1.31. The molecular formula is C21H19N5OS. The van der Waals surface area contributed by atoms with Crippen LogP contribution in [0.25, 0.3) is 21.3 Å². The summed E-state index contributed by atoms with van der Waals surface area (Å²) >= 11 is 1.72. The molecule has 0 saturated carbocycles. The van der Waals surface area contributed by atoms with E-state index >= 15 is 0 Å². The summed E-state index contributed by atoms with van der Waals surface area (Å²) in [5, 5.41) is 1.04. The van der Waals surface area contributed by atoms with Gasteiger partial charge in [0, 0.05) is 44.1 Å². The molecule has 7 heteroatoms. The highest BCUT2D eigenvalue weighted by Gasteiger charge is 2.24. The van der Waals surface area contributed by atoms with Crippen molar-refractivity contribution in [3.8, 4) is 0 Å². The number of anilines is 1. The van der Waals surface area contributed by atoms with Crippen molar-refractivity contribution in [3.63, 3.8) is 0 Å². The van der Waals surface area contributed by atoms with Gasteiger partial charge in [-0.25, -0.2) is 4.98 Å². The Bertz CT molecular complexity index is 1180. The molecule has 5 rings (SSSR count). The van der Waals surface area contributed by atoms with Gasteiger partial charge in [-0.3, -0.25) is 14.8 Å². The minimum Gasteiger partial charge on any atom is -0.345 e. The second-order valence-corrected chi connectivity index (χ2v) is 7.97. The summed E-state index contributed by atoms with van der Waals surface area (Å²) < 4.78 is 1.21. The summed E-state index contributed by atoms with van der Waals surface area (Å²) in [6.07, 6.45) is 3.31. The fraction of sp³-hybridized carbons (Fsp3) is 0.238. The zero-order valence-corrected chi connectivity index (χ0v) is 16.3. The number of piperazine rings is 1. The van der Waals surface area contributed by atoms with Gasteiger partial charge in [0.1, 0.15) is 0 Å². The van der Waals surface area contributed by atoms with E-state index in [0.717, 1.165) is 34.8 Å². The maximum atomic E-state index is 12.9. The van der Waals surface area contributed by atoms with Crippen LogP contribution in [0.15, 0.2) is 48.8 Å². The average molecular weight is 389 g/mol. The molecule has 2 aromatic heterocycles. The molecule has 4 aromatic rings. The summed E-state index contributed by atoms with van der Waals surface area (Å²) in [7, 11) is 0. The van der Waals surface area contributed by atoms with E-state index < -0.39 is 0 Å². The van der Waals surface area contributed by atoms with Gasteiger partial charge in [-0.1, -0.05) is 23.5 Å². The van der Waals surface area contributed by atoms with E-state index in [2.05, 4.69) is 40.0 Å². The van der Waals surface area contributed by atoms with Gasteiger partial charge in [0.25, 0.3) is 5.91 Å². The molecule has 1 aliphatic rings. The summed E-state index contributed by atoms with van der Waals surface area (Å²) in [6.45, 7) is 5.05. The fourth-order valence-corrected chi connectivity index (χ4v) is 4.68. The van der Waals surface area contributed by atoms with Crippen molar-refractivity contribution in [2.45, 2.75) is 6.92 Å². The highest BCUT2D eigenvalue weighted by atomic mass is 32.1. The van der Waals surface area contributed by atoms with Gasteiger partial charge < -0.3 is 9.80 Å². The lowest BCUT2D eigenvalue weighted by Gasteiger charge is -2.34. The molecule has 0 N–H and O–H groups in total. The van der Waals surface area contributed by atoms with Gasteiger partial charge >= 0.3 is 0 Å². The van der Waals surface area contributed by atoms with Gasteiger partial charge in [-0.05, 0) is 36.8 Å². The molecular weight excluding hydrogens is 370 g/mol. The molecule has 1 saturated heterocycles. The molecule has 6 nitrogen and oxygen atoms in total. The Hall–Kier alpha value is -3.06. The highest BCUT2D eigenvalue weighted by Crippen LogP contribution is 2.31. The molecule has 2 aromatic carbocycles. The topological polar surface area (TPSA) is 62.2 Å². The lowest BCUT2D eigenvalue weighted by atomic mass is 10.1. The number of para-hydroxylation sites is 1. The Morgan fingerprint density at radius 1 is 1.00 bits per heavy atom. The smallest absolute Gasteiger partial charge is 0.254 e. The van der Waals surface area contributed by atoms with Crippen molar-refractivity contribution in [3.05, 3.63) is 59.9 Å². The average Bonchev–Trinajstić information content (AvgIpc) is 3.19. The zero-order valence-electron chi connectivity index (χ0n) is 15.5. The van der Waals surface area contributed by atoms with Crippen molar-refractivity contribution in [1.82, 2.24) is 19.9 Å². The van der Waals surface area contributed by atoms with Crippen LogP contribution in [-0.4, -0.2) is 51.9 Å². The van der Waals surface area contributed by atoms with E-state index in [9.17, 15) is 4.79 Å². The van der Waals surface area contributed by atoms with Crippen LogP contribution in [0.2, 0.25) is 0 Å². The van der Waals surface area contributed by atoms with Crippen molar-refractivity contribution >= 4 is 43.6 Å². The lowest BCUT2D eigenvalue weighted by molar-refractivity contribution is 0.0747. The second kappa shape index (κ2) is 6.83. The third-order valence-corrected chi connectivity index (χ3v) is 6.24. The maximum Gasteiger partial charge on any atom is 0.254 e. The second-order valence-electron chi connectivity index (χ2n) is 6.96. The van der Waals surface area contributed by atoms with Crippen LogP contribution < -0.4 is 4.90 Å². The van der Waals surface area contributed by atoms with E-state index in [1.807, 2.05) is 23.1 Å². The number of nitrogens with zero attached hydrogens (tertiary/aromatic N) is 5. The molecule has 0 radical (unpaired) electrons. The minimum atomic E-state index is 0.0485. The number of aryl methyl sites for hydroxylation is 1. The summed E-state index contributed by atoms with van der Waals surface area (Å²) in [5.41, 5.74) is 4.50. The molecule has 0 spiro atoms. The number of thiazole rings is 1. The number of carbonyl (C=O) groups excluding carboxylic acids is 1. The number of rotatable bonds is 2. The standard InChI is InChI=1S/C21H19N5OS/c1-14-3-2-4-18-19(14)24-21(28-18)26-11-9-25(10-12-26)20(27)15-5-6-16-17(13-15)23-8-7-22-16/h2-8,13H,9-12H2,1H3. The van der Waals surface area contributed by atoms with Gasteiger partial charge in [0.2, 0.25) is 0 Å². The first-order valence-electron chi connectivity index (χ1n) is 9.30. The molecule has 1 aliphatic heterocycles. The number of amides is 1. The Kier molecular flexibility index (Phi) is 4.16. The number of carbonyl (C=O) groups is 1. The monoisotopic (exact) mass is 389 g/mol. The van der Waals surface area contributed by atoms with Crippen LogP contribution in [0.3, 0.4) is 0 Å². The van der Waals surface area contributed by atoms with Crippen molar-refractivity contribution in [1.29, 1.82) is 0 Å². The Morgan fingerprint density at radius 2 is 1.79 bits per heavy atom. The van der Waals surface area contributed by atoms with Crippen LogP contribution in [0, 0.1) is 6.92 Å². The molecule has 1 amide bonds.